The van der Waals surface area contributed by atoms with E-state index in [9.17, 15) is 0 Å². The molecule has 1 heterocycles. The fraction of sp³-hybridized carbons (Fsp3) is 0.571. The molecule has 2 atom stereocenters. The van der Waals surface area contributed by atoms with Crippen LogP contribution in [0.1, 0.15) is 12.8 Å². The first kappa shape index (κ1) is 13.2. The molecule has 4 N–H and O–H groups in total. The Bertz CT molecular complexity index is 349. The zero-order valence-electron chi connectivity index (χ0n) is 11.3. The van der Waals surface area contributed by atoms with Crippen molar-refractivity contribution in [2.24, 2.45) is 0 Å². The topological polar surface area (TPSA) is 53.3 Å². The number of anilines is 2. The van der Waals surface area contributed by atoms with Crippen LogP contribution in [0.25, 0.3) is 0 Å². The molecule has 1 fully saturated rings. The van der Waals surface area contributed by atoms with Crippen LogP contribution >= 0.6 is 0 Å². The molecule has 2 rings (SSSR count). The first-order chi connectivity index (χ1) is 8.76. The first-order valence-electron chi connectivity index (χ1n) is 6.69. The van der Waals surface area contributed by atoms with Gasteiger partial charge in [-0.05, 0) is 51.2 Å². The third-order valence-electron chi connectivity index (χ3n) is 3.69. The van der Waals surface area contributed by atoms with Gasteiger partial charge in [0.2, 0.25) is 0 Å². The van der Waals surface area contributed by atoms with Crippen LogP contribution in [0.15, 0.2) is 24.3 Å². The van der Waals surface area contributed by atoms with Gasteiger partial charge in [-0.3, -0.25) is 0 Å². The average molecular weight is 248 g/mol. The van der Waals surface area contributed by atoms with Gasteiger partial charge >= 0.3 is 0 Å². The number of nitrogens with one attached hydrogen (secondary N) is 2. The smallest absolute Gasteiger partial charge is 0.0418 e. The van der Waals surface area contributed by atoms with Crippen LogP contribution in [0.3, 0.4) is 0 Å². The van der Waals surface area contributed by atoms with Crippen molar-refractivity contribution in [3.63, 3.8) is 0 Å². The molecule has 1 aliphatic rings. The van der Waals surface area contributed by atoms with Crippen molar-refractivity contribution in [3.05, 3.63) is 24.3 Å². The minimum Gasteiger partial charge on any atom is -0.399 e. The SMILES string of the molecule is CNCC1CCC(CNC)N1c1ccc(N)cc1. The molecule has 0 saturated carbocycles. The highest BCUT2D eigenvalue weighted by Gasteiger charge is 2.32. The summed E-state index contributed by atoms with van der Waals surface area (Å²) in [7, 11) is 4.04. The average Bonchev–Trinajstić information content (AvgIpc) is 2.75. The minimum absolute atomic E-state index is 0.581. The standard InChI is InChI=1S/C14H24N4/c1-16-9-13-7-8-14(10-17-2)18(13)12-5-3-11(15)4-6-12/h3-6,13-14,16-17H,7-10,15H2,1-2H3. The van der Waals surface area contributed by atoms with E-state index in [1.54, 1.807) is 0 Å². The number of nitrogen functional groups attached to an aromatic ring is 1. The first-order valence-corrected chi connectivity index (χ1v) is 6.69. The Morgan fingerprint density at radius 2 is 1.56 bits per heavy atom. The maximum atomic E-state index is 5.77. The summed E-state index contributed by atoms with van der Waals surface area (Å²) in [5.74, 6) is 0. The molecule has 2 unspecified atom stereocenters. The minimum atomic E-state index is 0.581. The van der Waals surface area contributed by atoms with E-state index in [4.69, 9.17) is 5.73 Å². The summed E-state index contributed by atoms with van der Waals surface area (Å²) < 4.78 is 0. The van der Waals surface area contributed by atoms with E-state index in [1.165, 1.54) is 18.5 Å². The fourth-order valence-electron chi connectivity index (χ4n) is 2.90. The largest absolute Gasteiger partial charge is 0.399 e. The molecule has 4 heteroatoms. The van der Waals surface area contributed by atoms with E-state index in [0.29, 0.717) is 12.1 Å². The van der Waals surface area contributed by atoms with Crippen molar-refractivity contribution in [2.75, 3.05) is 37.8 Å². The van der Waals surface area contributed by atoms with Crippen LogP contribution in [0.2, 0.25) is 0 Å². The Morgan fingerprint density at radius 1 is 1.06 bits per heavy atom. The molecule has 1 aromatic rings. The van der Waals surface area contributed by atoms with E-state index < -0.39 is 0 Å². The summed E-state index contributed by atoms with van der Waals surface area (Å²) in [5.41, 5.74) is 7.88. The lowest BCUT2D eigenvalue weighted by molar-refractivity contribution is 0.575. The molecule has 0 aliphatic carbocycles. The van der Waals surface area contributed by atoms with Gasteiger partial charge in [-0.2, -0.15) is 0 Å². The van der Waals surface area contributed by atoms with Gasteiger partial charge in [-0.15, -0.1) is 0 Å². The Kier molecular flexibility index (Phi) is 4.44. The van der Waals surface area contributed by atoms with Gasteiger partial charge < -0.3 is 21.3 Å². The highest BCUT2D eigenvalue weighted by molar-refractivity contribution is 5.55. The number of nitrogens with two attached hydrogens (primary N) is 1. The van der Waals surface area contributed by atoms with Crippen LogP contribution < -0.4 is 21.3 Å². The summed E-state index contributed by atoms with van der Waals surface area (Å²) in [4.78, 5) is 2.53. The zero-order chi connectivity index (χ0) is 13.0. The zero-order valence-corrected chi connectivity index (χ0v) is 11.3. The number of rotatable bonds is 5. The highest BCUT2D eigenvalue weighted by atomic mass is 15.2. The van der Waals surface area contributed by atoms with Crippen molar-refractivity contribution in [1.82, 2.24) is 10.6 Å². The number of nitrogens with zero attached hydrogens (tertiary/aromatic N) is 1. The predicted molar refractivity (Wildman–Crippen MR) is 78.0 cm³/mol. The van der Waals surface area contributed by atoms with Gasteiger partial charge in [0.25, 0.3) is 0 Å². The number of hydrogen-bond acceptors (Lipinski definition) is 4. The van der Waals surface area contributed by atoms with Crippen molar-refractivity contribution in [3.8, 4) is 0 Å². The van der Waals surface area contributed by atoms with Crippen LogP contribution in [0.4, 0.5) is 11.4 Å². The van der Waals surface area contributed by atoms with Gasteiger partial charge in [-0.1, -0.05) is 0 Å². The molecule has 100 valence electrons. The fourth-order valence-corrected chi connectivity index (χ4v) is 2.90. The Balaban J connectivity index is 2.19. The second kappa shape index (κ2) is 6.07. The molecule has 1 aromatic carbocycles. The summed E-state index contributed by atoms with van der Waals surface area (Å²) in [5, 5.41) is 6.59. The highest BCUT2D eigenvalue weighted by Crippen LogP contribution is 2.30. The van der Waals surface area contributed by atoms with Gasteiger partial charge in [-0.25, -0.2) is 0 Å². The van der Waals surface area contributed by atoms with Gasteiger partial charge in [0.1, 0.15) is 0 Å². The molecular weight excluding hydrogens is 224 g/mol. The maximum absolute atomic E-state index is 5.77. The number of hydrogen-bond donors (Lipinski definition) is 3. The molecule has 1 saturated heterocycles. The normalized spacial score (nSPS) is 23.6. The van der Waals surface area contributed by atoms with Crippen LogP contribution in [0, 0.1) is 0 Å². The molecule has 0 radical (unpaired) electrons. The molecule has 0 spiro atoms. The van der Waals surface area contributed by atoms with Crippen molar-refractivity contribution in [2.45, 2.75) is 24.9 Å². The molecule has 18 heavy (non-hydrogen) atoms. The van der Waals surface area contributed by atoms with Crippen molar-refractivity contribution < 1.29 is 0 Å². The van der Waals surface area contributed by atoms with Crippen LogP contribution in [0.5, 0.6) is 0 Å². The second-order valence-corrected chi connectivity index (χ2v) is 5.00. The van der Waals surface area contributed by atoms with Gasteiger partial charge in [0.15, 0.2) is 0 Å². The predicted octanol–water partition coefficient (Wildman–Crippen LogP) is 1.05. The number of benzene rings is 1. The second-order valence-electron chi connectivity index (χ2n) is 5.00. The van der Waals surface area contributed by atoms with Crippen LogP contribution in [-0.2, 0) is 0 Å². The Morgan fingerprint density at radius 3 is 2.00 bits per heavy atom. The van der Waals surface area contributed by atoms with E-state index in [2.05, 4.69) is 27.7 Å². The summed E-state index contributed by atoms with van der Waals surface area (Å²) in [6.07, 6.45) is 2.50. The van der Waals surface area contributed by atoms with Gasteiger partial charge in [0.05, 0.1) is 0 Å². The Hall–Kier alpha value is -1.26. The summed E-state index contributed by atoms with van der Waals surface area (Å²) in [6, 6.07) is 9.40. The maximum Gasteiger partial charge on any atom is 0.0418 e. The molecule has 0 amide bonds. The van der Waals surface area contributed by atoms with E-state index in [1.807, 2.05) is 26.2 Å². The van der Waals surface area contributed by atoms with E-state index in [0.717, 1.165) is 18.8 Å². The lowest BCUT2D eigenvalue weighted by Gasteiger charge is -2.32. The lowest BCUT2D eigenvalue weighted by Crippen LogP contribution is -2.44. The molecule has 0 aromatic heterocycles. The van der Waals surface area contributed by atoms with E-state index >= 15 is 0 Å². The molecule has 4 nitrogen and oxygen atoms in total. The molecule has 0 bridgehead atoms. The quantitative estimate of drug-likeness (QED) is 0.682. The lowest BCUT2D eigenvalue weighted by atomic mass is 10.2. The van der Waals surface area contributed by atoms with Crippen LogP contribution in [-0.4, -0.2) is 39.3 Å². The molecular formula is C14H24N4. The van der Waals surface area contributed by atoms with Crippen molar-refractivity contribution in [1.29, 1.82) is 0 Å². The molecule has 1 aliphatic heterocycles. The summed E-state index contributed by atoms with van der Waals surface area (Å²) in [6.45, 7) is 2.06. The van der Waals surface area contributed by atoms with Crippen molar-refractivity contribution >= 4 is 11.4 Å². The third kappa shape index (κ3) is 2.76. The van der Waals surface area contributed by atoms with Gasteiger partial charge in [0, 0.05) is 36.5 Å². The number of likely N-dealkylation sites (N-methyl/N-ethyl adjacent to an activating group) is 2. The van der Waals surface area contributed by atoms with E-state index in [-0.39, 0.29) is 0 Å². The Labute approximate surface area is 110 Å². The monoisotopic (exact) mass is 248 g/mol. The summed E-state index contributed by atoms with van der Waals surface area (Å²) >= 11 is 0. The third-order valence-corrected chi connectivity index (χ3v) is 3.69.